The Labute approximate surface area is 120 Å². The molecular formula is C15H25N3O2. The lowest BCUT2D eigenvalue weighted by Crippen LogP contribution is -2.45. The summed E-state index contributed by atoms with van der Waals surface area (Å²) >= 11 is 0. The molecule has 2 heterocycles. The van der Waals surface area contributed by atoms with Crippen molar-refractivity contribution in [2.75, 3.05) is 6.61 Å². The van der Waals surface area contributed by atoms with Gasteiger partial charge >= 0.3 is 0 Å². The van der Waals surface area contributed by atoms with E-state index >= 15 is 0 Å². The van der Waals surface area contributed by atoms with Gasteiger partial charge in [0.15, 0.2) is 0 Å². The number of hydrogen-bond acceptors (Lipinski definition) is 5. The van der Waals surface area contributed by atoms with Crippen molar-refractivity contribution in [3.8, 4) is 0 Å². The third kappa shape index (κ3) is 2.27. The van der Waals surface area contributed by atoms with Crippen LogP contribution in [0.2, 0.25) is 0 Å². The maximum atomic E-state index is 6.21. The molecule has 5 nitrogen and oxygen atoms in total. The Balaban J connectivity index is 1.81. The molecule has 1 aromatic rings. The molecule has 0 amide bonds. The summed E-state index contributed by atoms with van der Waals surface area (Å²) in [4.78, 5) is 4.63. The van der Waals surface area contributed by atoms with Crippen LogP contribution in [0.1, 0.15) is 70.2 Å². The average molecular weight is 279 g/mol. The summed E-state index contributed by atoms with van der Waals surface area (Å²) in [7, 11) is 0. The number of aromatic nitrogens is 2. The maximum Gasteiger partial charge on any atom is 0.230 e. The molecule has 1 aromatic heterocycles. The summed E-state index contributed by atoms with van der Waals surface area (Å²) in [5, 5.41) is 4.14. The fourth-order valence-corrected chi connectivity index (χ4v) is 3.59. The molecule has 1 aliphatic carbocycles. The first kappa shape index (κ1) is 14.0. The second-order valence-corrected chi connectivity index (χ2v) is 6.90. The summed E-state index contributed by atoms with van der Waals surface area (Å²) in [5.74, 6) is 2.22. The van der Waals surface area contributed by atoms with Crippen molar-refractivity contribution in [3.05, 3.63) is 11.7 Å². The molecule has 2 fully saturated rings. The molecule has 4 atom stereocenters. The standard InChI is InChI=1S/C15H25N3O2/c1-9-11(16)7-6-10(15(9,2)3)14-17-13(18-20-14)12-5-4-8-19-12/h9-12H,4-8,16H2,1-3H3. The second-order valence-electron chi connectivity index (χ2n) is 6.90. The van der Waals surface area contributed by atoms with Gasteiger partial charge in [0.05, 0.1) is 0 Å². The van der Waals surface area contributed by atoms with Crippen LogP contribution in [0.15, 0.2) is 4.52 Å². The zero-order valence-corrected chi connectivity index (χ0v) is 12.6. The largest absolute Gasteiger partial charge is 0.370 e. The first-order chi connectivity index (χ1) is 9.50. The molecule has 112 valence electrons. The van der Waals surface area contributed by atoms with E-state index in [0.717, 1.165) is 44.0 Å². The maximum absolute atomic E-state index is 6.21. The third-order valence-electron chi connectivity index (χ3n) is 5.48. The van der Waals surface area contributed by atoms with E-state index in [9.17, 15) is 0 Å². The number of hydrogen-bond donors (Lipinski definition) is 1. The van der Waals surface area contributed by atoms with Crippen molar-refractivity contribution in [2.24, 2.45) is 17.1 Å². The summed E-state index contributed by atoms with van der Waals surface area (Å²) in [6.45, 7) is 7.55. The highest BCUT2D eigenvalue weighted by molar-refractivity contribution is 5.07. The minimum atomic E-state index is 0.0267. The summed E-state index contributed by atoms with van der Waals surface area (Å²) in [6.07, 6.45) is 4.14. The van der Waals surface area contributed by atoms with E-state index in [2.05, 4.69) is 30.9 Å². The van der Waals surface area contributed by atoms with Gasteiger partial charge in [-0.2, -0.15) is 4.98 Å². The van der Waals surface area contributed by atoms with Gasteiger partial charge in [0.1, 0.15) is 6.10 Å². The molecule has 0 radical (unpaired) electrons. The Morgan fingerprint density at radius 2 is 2.05 bits per heavy atom. The van der Waals surface area contributed by atoms with Crippen LogP contribution >= 0.6 is 0 Å². The molecule has 1 saturated carbocycles. The van der Waals surface area contributed by atoms with Gasteiger partial charge in [-0.15, -0.1) is 0 Å². The molecule has 5 heteroatoms. The fraction of sp³-hybridized carbons (Fsp3) is 0.867. The normalized spacial score (nSPS) is 37.2. The van der Waals surface area contributed by atoms with Crippen LogP contribution in [0.3, 0.4) is 0 Å². The highest BCUT2D eigenvalue weighted by atomic mass is 16.5. The fourth-order valence-electron chi connectivity index (χ4n) is 3.59. The van der Waals surface area contributed by atoms with E-state index in [1.807, 2.05) is 0 Å². The van der Waals surface area contributed by atoms with Crippen molar-refractivity contribution < 1.29 is 9.26 Å². The van der Waals surface area contributed by atoms with Gasteiger partial charge in [0.2, 0.25) is 11.7 Å². The van der Waals surface area contributed by atoms with Crippen molar-refractivity contribution >= 4 is 0 Å². The highest BCUT2D eigenvalue weighted by Gasteiger charge is 2.45. The molecule has 20 heavy (non-hydrogen) atoms. The second kappa shape index (κ2) is 5.11. The minimum Gasteiger partial charge on any atom is -0.370 e. The lowest BCUT2D eigenvalue weighted by molar-refractivity contribution is 0.0805. The van der Waals surface area contributed by atoms with E-state index in [0.29, 0.717) is 11.8 Å². The smallest absolute Gasteiger partial charge is 0.230 e. The van der Waals surface area contributed by atoms with Crippen LogP contribution in [0.25, 0.3) is 0 Å². The topological polar surface area (TPSA) is 74.2 Å². The third-order valence-corrected chi connectivity index (χ3v) is 5.48. The van der Waals surface area contributed by atoms with E-state index in [1.165, 1.54) is 0 Å². The van der Waals surface area contributed by atoms with E-state index in [4.69, 9.17) is 15.0 Å². The van der Waals surface area contributed by atoms with Gasteiger partial charge in [-0.1, -0.05) is 25.9 Å². The molecule has 0 bridgehead atoms. The van der Waals surface area contributed by atoms with Gasteiger partial charge in [-0.05, 0) is 37.0 Å². The molecule has 4 unspecified atom stereocenters. The Bertz CT molecular complexity index is 465. The van der Waals surface area contributed by atoms with Gasteiger partial charge in [0.25, 0.3) is 0 Å². The summed E-state index contributed by atoms with van der Waals surface area (Å²) in [6, 6.07) is 0.266. The Kier molecular flexibility index (Phi) is 3.58. The molecular weight excluding hydrogens is 254 g/mol. The van der Waals surface area contributed by atoms with E-state index in [-0.39, 0.29) is 17.6 Å². The number of rotatable bonds is 2. The monoisotopic (exact) mass is 279 g/mol. The van der Waals surface area contributed by atoms with E-state index in [1.54, 1.807) is 0 Å². The average Bonchev–Trinajstić information content (AvgIpc) is 3.06. The Morgan fingerprint density at radius 3 is 2.75 bits per heavy atom. The van der Waals surface area contributed by atoms with Crippen LogP contribution in [-0.4, -0.2) is 22.8 Å². The Morgan fingerprint density at radius 1 is 1.25 bits per heavy atom. The zero-order valence-electron chi connectivity index (χ0n) is 12.6. The van der Waals surface area contributed by atoms with Gasteiger partial charge in [-0.3, -0.25) is 0 Å². The van der Waals surface area contributed by atoms with Crippen LogP contribution in [0.5, 0.6) is 0 Å². The molecule has 0 spiro atoms. The van der Waals surface area contributed by atoms with Gasteiger partial charge in [-0.25, -0.2) is 0 Å². The van der Waals surface area contributed by atoms with Crippen molar-refractivity contribution in [1.82, 2.24) is 10.1 Å². The first-order valence-corrected chi connectivity index (χ1v) is 7.71. The van der Waals surface area contributed by atoms with Gasteiger partial charge < -0.3 is 15.0 Å². The van der Waals surface area contributed by atoms with Crippen LogP contribution in [0.4, 0.5) is 0 Å². The highest BCUT2D eigenvalue weighted by Crippen LogP contribution is 2.49. The molecule has 2 N–H and O–H groups in total. The van der Waals surface area contributed by atoms with E-state index < -0.39 is 0 Å². The lowest BCUT2D eigenvalue weighted by atomic mass is 9.61. The molecule has 1 aliphatic heterocycles. The molecule has 1 saturated heterocycles. The number of nitrogens with zero attached hydrogens (tertiary/aromatic N) is 2. The quantitative estimate of drug-likeness (QED) is 0.901. The number of ether oxygens (including phenoxy) is 1. The predicted molar refractivity (Wildman–Crippen MR) is 75.1 cm³/mol. The molecule has 2 aliphatic rings. The SMILES string of the molecule is CC1C(N)CCC(c2nc(C3CCCO3)no2)C1(C)C. The van der Waals surface area contributed by atoms with Crippen molar-refractivity contribution in [2.45, 2.75) is 64.5 Å². The predicted octanol–water partition coefficient (Wildman–Crippen LogP) is 2.79. The zero-order chi connectivity index (χ0) is 14.3. The van der Waals surface area contributed by atoms with Gasteiger partial charge in [0, 0.05) is 18.6 Å². The molecule has 0 aromatic carbocycles. The number of nitrogens with two attached hydrogens (primary N) is 1. The molecule has 3 rings (SSSR count). The summed E-state index contributed by atoms with van der Waals surface area (Å²) in [5.41, 5.74) is 6.29. The van der Waals surface area contributed by atoms with Crippen LogP contribution in [-0.2, 0) is 4.74 Å². The van der Waals surface area contributed by atoms with Crippen molar-refractivity contribution in [3.63, 3.8) is 0 Å². The summed E-state index contributed by atoms with van der Waals surface area (Å²) < 4.78 is 11.2. The Hall–Kier alpha value is -0.940. The lowest BCUT2D eigenvalue weighted by Gasteiger charge is -2.45. The minimum absolute atomic E-state index is 0.0267. The first-order valence-electron chi connectivity index (χ1n) is 7.71. The van der Waals surface area contributed by atoms with Crippen LogP contribution < -0.4 is 5.73 Å². The van der Waals surface area contributed by atoms with Crippen LogP contribution in [0, 0.1) is 11.3 Å². The van der Waals surface area contributed by atoms with Crippen molar-refractivity contribution in [1.29, 1.82) is 0 Å².